The molecule has 3 heteroatoms. The molecule has 2 aliphatic carbocycles. The highest BCUT2D eigenvalue weighted by atomic mass is 16.2. The van der Waals surface area contributed by atoms with Crippen molar-refractivity contribution >= 4 is 11.6 Å². The number of carbonyl (C=O) groups is 1. The van der Waals surface area contributed by atoms with Crippen molar-refractivity contribution in [3.05, 3.63) is 35.4 Å². The molecule has 1 N–H and O–H groups in total. The highest BCUT2D eigenvalue weighted by molar-refractivity contribution is 5.97. The van der Waals surface area contributed by atoms with Crippen molar-refractivity contribution in [1.82, 2.24) is 5.43 Å². The number of nitrogens with one attached hydrogen (secondary N) is 1. The second-order valence-corrected chi connectivity index (χ2v) is 5.44. The number of nitrogens with zero attached hydrogens (tertiary/aromatic N) is 1. The van der Waals surface area contributed by atoms with Crippen molar-refractivity contribution in [2.75, 3.05) is 0 Å². The van der Waals surface area contributed by atoms with E-state index in [4.69, 9.17) is 0 Å². The van der Waals surface area contributed by atoms with E-state index in [-0.39, 0.29) is 5.91 Å². The van der Waals surface area contributed by atoms with E-state index in [1.807, 2.05) is 31.2 Å². The van der Waals surface area contributed by atoms with E-state index in [0.29, 0.717) is 11.5 Å². The maximum atomic E-state index is 12.0. The maximum absolute atomic E-state index is 12.0. The maximum Gasteiger partial charge on any atom is 0.271 e. The monoisotopic (exact) mass is 242 g/mol. The van der Waals surface area contributed by atoms with Crippen LogP contribution in [0.15, 0.2) is 29.4 Å². The fourth-order valence-electron chi connectivity index (χ4n) is 3.17. The van der Waals surface area contributed by atoms with Crippen LogP contribution in [0.25, 0.3) is 0 Å². The Hall–Kier alpha value is -1.64. The summed E-state index contributed by atoms with van der Waals surface area (Å²) >= 11 is 0. The van der Waals surface area contributed by atoms with Crippen LogP contribution in [0.3, 0.4) is 0 Å². The Labute approximate surface area is 107 Å². The van der Waals surface area contributed by atoms with Gasteiger partial charge in [0.05, 0.1) is 0 Å². The molecule has 3 nitrogen and oxygen atoms in total. The summed E-state index contributed by atoms with van der Waals surface area (Å²) in [4.78, 5) is 12.0. The van der Waals surface area contributed by atoms with E-state index < -0.39 is 0 Å². The summed E-state index contributed by atoms with van der Waals surface area (Å²) in [6, 6.07) is 7.60. The van der Waals surface area contributed by atoms with Crippen molar-refractivity contribution in [3.63, 3.8) is 0 Å². The lowest BCUT2D eigenvalue weighted by Crippen LogP contribution is -2.22. The number of carbonyl (C=O) groups excluding carboxylic acids is 1. The Balaban J connectivity index is 1.69. The van der Waals surface area contributed by atoms with Crippen molar-refractivity contribution < 1.29 is 4.79 Å². The molecule has 1 amide bonds. The Kier molecular flexibility index (Phi) is 2.90. The first-order valence-electron chi connectivity index (χ1n) is 6.66. The minimum Gasteiger partial charge on any atom is -0.267 e. The van der Waals surface area contributed by atoms with Crippen LogP contribution in [0.5, 0.6) is 0 Å². The van der Waals surface area contributed by atoms with Gasteiger partial charge >= 0.3 is 0 Å². The third kappa shape index (κ3) is 2.05. The van der Waals surface area contributed by atoms with Crippen LogP contribution in [-0.4, -0.2) is 11.6 Å². The van der Waals surface area contributed by atoms with Gasteiger partial charge in [0, 0.05) is 11.3 Å². The van der Waals surface area contributed by atoms with E-state index in [0.717, 1.165) is 17.9 Å². The third-order valence-corrected chi connectivity index (χ3v) is 4.20. The average molecular weight is 242 g/mol. The predicted molar refractivity (Wildman–Crippen MR) is 71.5 cm³/mol. The molecule has 0 aliphatic heterocycles. The number of benzene rings is 1. The molecular formula is C15H18N2O. The number of amides is 1. The molecule has 2 fully saturated rings. The molecule has 2 atom stereocenters. The molecule has 1 aromatic rings. The van der Waals surface area contributed by atoms with Crippen molar-refractivity contribution in [2.24, 2.45) is 16.9 Å². The molecule has 18 heavy (non-hydrogen) atoms. The van der Waals surface area contributed by atoms with Gasteiger partial charge in [0.15, 0.2) is 0 Å². The lowest BCUT2D eigenvalue weighted by Gasteiger charge is -2.12. The fourth-order valence-corrected chi connectivity index (χ4v) is 3.17. The number of rotatable bonds is 2. The van der Waals surface area contributed by atoms with E-state index in [2.05, 4.69) is 10.5 Å². The highest BCUT2D eigenvalue weighted by Crippen LogP contribution is 2.42. The largest absolute Gasteiger partial charge is 0.271 e. The smallest absolute Gasteiger partial charge is 0.267 e. The number of aryl methyl sites for hydroxylation is 1. The summed E-state index contributed by atoms with van der Waals surface area (Å²) in [7, 11) is 0. The summed E-state index contributed by atoms with van der Waals surface area (Å²) in [5, 5.41) is 4.34. The fraction of sp³-hybridized carbons (Fsp3) is 0.467. The minimum atomic E-state index is -0.0941. The molecule has 0 spiro atoms. The Bertz CT molecular complexity index is 507. The standard InChI is InChI=1S/C15H18N2O/c1-10-4-2-3-5-13(10)15(18)17-16-14-9-11-6-7-12(14)8-11/h2-5,11-12H,6-9H2,1H3,(H,17,18)/b16-14+. The van der Waals surface area contributed by atoms with E-state index in [9.17, 15) is 4.79 Å². The number of fused-ring (bicyclic) bond motifs is 2. The quantitative estimate of drug-likeness (QED) is 0.796. The molecule has 0 radical (unpaired) electrons. The van der Waals surface area contributed by atoms with Crippen LogP contribution < -0.4 is 5.43 Å². The van der Waals surface area contributed by atoms with Gasteiger partial charge in [-0.15, -0.1) is 0 Å². The molecule has 2 bridgehead atoms. The summed E-state index contributed by atoms with van der Waals surface area (Å²) in [6.07, 6.45) is 4.96. The lowest BCUT2D eigenvalue weighted by atomic mass is 9.99. The Morgan fingerprint density at radius 1 is 1.33 bits per heavy atom. The van der Waals surface area contributed by atoms with Crippen LogP contribution >= 0.6 is 0 Å². The average Bonchev–Trinajstić information content (AvgIpc) is 2.98. The second kappa shape index (κ2) is 4.56. The zero-order chi connectivity index (χ0) is 12.5. The van der Waals surface area contributed by atoms with Gasteiger partial charge < -0.3 is 0 Å². The SMILES string of the molecule is Cc1ccccc1C(=O)N/N=C1\CC2CCC1C2. The van der Waals surface area contributed by atoms with Gasteiger partial charge in [0.25, 0.3) is 5.91 Å². The molecule has 2 unspecified atom stereocenters. The molecule has 2 saturated carbocycles. The predicted octanol–water partition coefficient (Wildman–Crippen LogP) is 2.90. The van der Waals surface area contributed by atoms with Gasteiger partial charge in [0.1, 0.15) is 0 Å². The summed E-state index contributed by atoms with van der Waals surface area (Å²) in [5.74, 6) is 1.36. The Morgan fingerprint density at radius 2 is 2.17 bits per heavy atom. The number of hydrogen-bond acceptors (Lipinski definition) is 2. The van der Waals surface area contributed by atoms with E-state index >= 15 is 0 Å². The van der Waals surface area contributed by atoms with Crippen LogP contribution in [-0.2, 0) is 0 Å². The van der Waals surface area contributed by atoms with Gasteiger partial charge in [0.2, 0.25) is 0 Å². The van der Waals surface area contributed by atoms with Gasteiger partial charge in [-0.2, -0.15) is 5.10 Å². The van der Waals surface area contributed by atoms with Crippen molar-refractivity contribution in [3.8, 4) is 0 Å². The van der Waals surface area contributed by atoms with Crippen molar-refractivity contribution in [2.45, 2.75) is 32.6 Å². The summed E-state index contributed by atoms with van der Waals surface area (Å²) in [6.45, 7) is 1.94. The minimum absolute atomic E-state index is 0.0941. The topological polar surface area (TPSA) is 41.5 Å². The van der Waals surface area contributed by atoms with Crippen LogP contribution in [0.1, 0.15) is 41.6 Å². The highest BCUT2D eigenvalue weighted by Gasteiger charge is 2.36. The lowest BCUT2D eigenvalue weighted by molar-refractivity contribution is 0.0954. The van der Waals surface area contributed by atoms with Gasteiger partial charge in [-0.25, -0.2) is 5.43 Å². The number of hydrogen-bond donors (Lipinski definition) is 1. The van der Waals surface area contributed by atoms with Crippen LogP contribution in [0.2, 0.25) is 0 Å². The van der Waals surface area contributed by atoms with Crippen LogP contribution in [0.4, 0.5) is 0 Å². The molecule has 0 heterocycles. The molecule has 2 aliphatic rings. The van der Waals surface area contributed by atoms with Crippen molar-refractivity contribution in [1.29, 1.82) is 0 Å². The van der Waals surface area contributed by atoms with Gasteiger partial charge in [-0.3, -0.25) is 4.79 Å². The Morgan fingerprint density at radius 3 is 2.83 bits per heavy atom. The molecule has 94 valence electrons. The van der Waals surface area contributed by atoms with E-state index in [1.165, 1.54) is 25.0 Å². The first-order chi connectivity index (χ1) is 8.74. The molecule has 0 saturated heterocycles. The first kappa shape index (κ1) is 11.5. The van der Waals surface area contributed by atoms with Gasteiger partial charge in [-0.1, -0.05) is 18.2 Å². The first-order valence-corrected chi connectivity index (χ1v) is 6.66. The molecular weight excluding hydrogens is 224 g/mol. The third-order valence-electron chi connectivity index (χ3n) is 4.20. The zero-order valence-corrected chi connectivity index (χ0v) is 10.6. The zero-order valence-electron chi connectivity index (χ0n) is 10.6. The molecule has 3 rings (SSSR count). The summed E-state index contributed by atoms with van der Waals surface area (Å²) in [5.41, 5.74) is 5.62. The normalized spacial score (nSPS) is 27.7. The van der Waals surface area contributed by atoms with E-state index in [1.54, 1.807) is 0 Å². The molecule has 0 aromatic heterocycles. The number of hydrazone groups is 1. The van der Waals surface area contributed by atoms with Gasteiger partial charge in [-0.05, 0) is 56.1 Å². The molecule has 1 aromatic carbocycles. The summed E-state index contributed by atoms with van der Waals surface area (Å²) < 4.78 is 0. The second-order valence-electron chi connectivity index (χ2n) is 5.44. The van der Waals surface area contributed by atoms with Crippen LogP contribution in [0, 0.1) is 18.8 Å².